The summed E-state index contributed by atoms with van der Waals surface area (Å²) in [4.78, 5) is 29.5. The highest BCUT2D eigenvalue weighted by Gasteiger charge is 2.36. The fourth-order valence-corrected chi connectivity index (χ4v) is 2.94. The van der Waals surface area contributed by atoms with Gasteiger partial charge in [-0.3, -0.25) is 9.59 Å². The van der Waals surface area contributed by atoms with Crippen molar-refractivity contribution in [2.24, 2.45) is 0 Å². The number of amides is 1. The van der Waals surface area contributed by atoms with Crippen molar-refractivity contribution in [2.75, 3.05) is 11.4 Å². The van der Waals surface area contributed by atoms with Crippen LogP contribution in [-0.2, 0) is 11.3 Å². The van der Waals surface area contributed by atoms with Crippen molar-refractivity contribution in [2.45, 2.75) is 13.0 Å². The predicted molar refractivity (Wildman–Crippen MR) is 77.7 cm³/mol. The normalized spacial score (nSPS) is 13.9. The summed E-state index contributed by atoms with van der Waals surface area (Å²) in [5.74, 6) is -0.874. The van der Waals surface area contributed by atoms with Crippen molar-refractivity contribution >= 4 is 33.3 Å². The third-order valence-electron chi connectivity index (χ3n) is 3.30. The maximum atomic E-state index is 12.0. The van der Waals surface area contributed by atoms with Crippen LogP contribution in [0.3, 0.4) is 0 Å². The third-order valence-corrected chi connectivity index (χ3v) is 3.94. The van der Waals surface area contributed by atoms with Crippen molar-refractivity contribution in [3.63, 3.8) is 0 Å². The monoisotopic (exact) mass is 333 g/mol. The number of Topliss-reactive ketones (excluding diaryl/α,β-unsaturated/α-hetero) is 1. The average molecular weight is 334 g/mol. The average Bonchev–Trinajstić information content (AvgIpc) is 3.03. The number of aromatic nitrogens is 2. The predicted octanol–water partition coefficient (Wildman–Crippen LogP) is 2.27. The van der Waals surface area contributed by atoms with Gasteiger partial charge in [0, 0.05) is 30.0 Å². The first-order valence-electron chi connectivity index (χ1n) is 6.29. The second-order valence-electron chi connectivity index (χ2n) is 4.58. The molecule has 0 radical (unpaired) electrons. The van der Waals surface area contributed by atoms with Crippen LogP contribution in [0.5, 0.6) is 0 Å². The number of anilines is 1. The molecule has 2 heterocycles. The molecule has 20 heavy (non-hydrogen) atoms. The molecule has 1 aromatic heterocycles. The Bertz CT molecular complexity index is 667. The zero-order valence-corrected chi connectivity index (χ0v) is 12.2. The van der Waals surface area contributed by atoms with Crippen molar-refractivity contribution in [3.05, 3.63) is 47.0 Å². The van der Waals surface area contributed by atoms with Gasteiger partial charge in [0.15, 0.2) is 0 Å². The number of ketones is 1. The van der Waals surface area contributed by atoms with E-state index in [9.17, 15) is 9.59 Å². The molecule has 0 unspecified atom stereocenters. The molecule has 0 saturated heterocycles. The van der Waals surface area contributed by atoms with Crippen LogP contribution in [0.15, 0.2) is 41.4 Å². The minimum Gasteiger partial charge on any atom is -0.337 e. The van der Waals surface area contributed by atoms with Crippen molar-refractivity contribution in [1.29, 1.82) is 0 Å². The Hall–Kier alpha value is -1.95. The van der Waals surface area contributed by atoms with Gasteiger partial charge in [-0.25, -0.2) is 4.98 Å². The number of rotatable bonds is 4. The molecule has 1 aliphatic rings. The van der Waals surface area contributed by atoms with E-state index in [4.69, 9.17) is 0 Å². The standard InChI is InChI=1S/C14H12BrN3O2/c15-11-4-1-3-10-12(11)18(14(20)13(10)19)7-2-6-17-8-5-16-9-17/h1,3-5,8-9H,2,6-7H2. The molecule has 1 aromatic carbocycles. The first-order chi connectivity index (χ1) is 9.68. The van der Waals surface area contributed by atoms with Crippen LogP contribution in [0.4, 0.5) is 5.69 Å². The van der Waals surface area contributed by atoms with Crippen molar-refractivity contribution in [1.82, 2.24) is 9.55 Å². The quantitative estimate of drug-likeness (QED) is 0.806. The van der Waals surface area contributed by atoms with E-state index >= 15 is 0 Å². The number of carbonyl (C=O) groups is 2. The minimum absolute atomic E-state index is 0.427. The van der Waals surface area contributed by atoms with E-state index in [0.29, 0.717) is 17.8 Å². The number of halogens is 1. The molecule has 6 heteroatoms. The maximum Gasteiger partial charge on any atom is 0.299 e. The number of hydrogen-bond donors (Lipinski definition) is 0. The first kappa shape index (κ1) is 13.1. The zero-order valence-electron chi connectivity index (χ0n) is 10.6. The number of benzene rings is 1. The largest absolute Gasteiger partial charge is 0.337 e. The van der Waals surface area contributed by atoms with Crippen molar-refractivity contribution < 1.29 is 9.59 Å². The lowest BCUT2D eigenvalue weighted by Gasteiger charge is -2.17. The number of nitrogens with zero attached hydrogens (tertiary/aromatic N) is 3. The second-order valence-corrected chi connectivity index (χ2v) is 5.43. The first-order valence-corrected chi connectivity index (χ1v) is 7.08. The van der Waals surface area contributed by atoms with Gasteiger partial charge < -0.3 is 9.47 Å². The lowest BCUT2D eigenvalue weighted by Crippen LogP contribution is -2.31. The molecule has 5 nitrogen and oxygen atoms in total. The Labute approximate surface area is 124 Å². The second kappa shape index (κ2) is 5.20. The Morgan fingerprint density at radius 1 is 1.20 bits per heavy atom. The smallest absolute Gasteiger partial charge is 0.299 e. The number of imidazole rings is 1. The molecule has 0 aliphatic carbocycles. The van der Waals surface area contributed by atoms with Gasteiger partial charge in [0.05, 0.1) is 17.6 Å². The zero-order chi connectivity index (χ0) is 14.1. The Morgan fingerprint density at radius 3 is 2.80 bits per heavy atom. The molecule has 1 aliphatic heterocycles. The summed E-state index contributed by atoms with van der Waals surface area (Å²) in [5, 5.41) is 0. The van der Waals surface area contributed by atoms with E-state index < -0.39 is 11.7 Å². The molecule has 1 amide bonds. The lowest BCUT2D eigenvalue weighted by molar-refractivity contribution is -0.114. The van der Waals surface area contributed by atoms with Crippen LogP contribution in [0.2, 0.25) is 0 Å². The minimum atomic E-state index is -0.447. The SMILES string of the molecule is O=C1C(=O)N(CCCn2ccnc2)c2c(Br)cccc21. The molecule has 0 bridgehead atoms. The highest BCUT2D eigenvalue weighted by atomic mass is 79.9. The summed E-state index contributed by atoms with van der Waals surface area (Å²) < 4.78 is 2.72. The fraction of sp³-hybridized carbons (Fsp3) is 0.214. The summed E-state index contributed by atoms with van der Waals surface area (Å²) in [7, 11) is 0. The Balaban J connectivity index is 1.77. The topological polar surface area (TPSA) is 55.2 Å². The number of para-hydroxylation sites is 1. The molecule has 0 spiro atoms. The highest BCUT2D eigenvalue weighted by molar-refractivity contribution is 9.10. The molecular weight excluding hydrogens is 322 g/mol. The van der Waals surface area contributed by atoms with Gasteiger partial charge in [-0.1, -0.05) is 6.07 Å². The number of hydrogen-bond acceptors (Lipinski definition) is 3. The molecule has 0 atom stereocenters. The summed E-state index contributed by atoms with van der Waals surface area (Å²) in [6, 6.07) is 5.30. The molecule has 3 rings (SSSR count). The van der Waals surface area contributed by atoms with E-state index in [0.717, 1.165) is 17.4 Å². The van der Waals surface area contributed by atoms with Gasteiger partial charge in [-0.05, 0) is 34.5 Å². The van der Waals surface area contributed by atoms with Crippen LogP contribution >= 0.6 is 15.9 Å². The summed E-state index contributed by atoms with van der Waals surface area (Å²) in [5.41, 5.74) is 1.17. The van der Waals surface area contributed by atoms with Crippen molar-refractivity contribution in [3.8, 4) is 0 Å². The Kier molecular flexibility index (Phi) is 3.40. The molecular formula is C14H12BrN3O2. The Morgan fingerprint density at radius 2 is 2.05 bits per heavy atom. The van der Waals surface area contributed by atoms with E-state index in [1.807, 2.05) is 16.8 Å². The highest BCUT2D eigenvalue weighted by Crippen LogP contribution is 2.35. The molecule has 2 aromatic rings. The lowest BCUT2D eigenvalue weighted by atomic mass is 10.1. The van der Waals surface area contributed by atoms with E-state index in [2.05, 4.69) is 20.9 Å². The van der Waals surface area contributed by atoms with Crippen LogP contribution in [-0.4, -0.2) is 27.8 Å². The summed E-state index contributed by atoms with van der Waals surface area (Å²) in [6.45, 7) is 1.27. The van der Waals surface area contributed by atoms with Crippen LogP contribution in [0.25, 0.3) is 0 Å². The van der Waals surface area contributed by atoms with E-state index in [1.54, 1.807) is 29.6 Å². The van der Waals surface area contributed by atoms with E-state index in [1.165, 1.54) is 0 Å². The van der Waals surface area contributed by atoms with Crippen LogP contribution in [0, 0.1) is 0 Å². The molecule has 0 fully saturated rings. The number of carbonyl (C=O) groups excluding carboxylic acids is 2. The van der Waals surface area contributed by atoms with Gasteiger partial charge >= 0.3 is 0 Å². The van der Waals surface area contributed by atoms with E-state index in [-0.39, 0.29) is 0 Å². The maximum absolute atomic E-state index is 12.0. The number of aryl methyl sites for hydroxylation is 1. The van der Waals surface area contributed by atoms with Gasteiger partial charge in [0.25, 0.3) is 11.7 Å². The van der Waals surface area contributed by atoms with Crippen LogP contribution < -0.4 is 4.90 Å². The van der Waals surface area contributed by atoms with Gasteiger partial charge in [-0.2, -0.15) is 0 Å². The molecule has 0 saturated carbocycles. The summed E-state index contributed by atoms with van der Waals surface area (Å²) in [6.07, 6.45) is 6.09. The van der Waals surface area contributed by atoms with Gasteiger partial charge in [0.1, 0.15) is 0 Å². The number of fused-ring (bicyclic) bond motifs is 1. The molecule has 0 N–H and O–H groups in total. The van der Waals surface area contributed by atoms with Gasteiger partial charge in [0.2, 0.25) is 0 Å². The third kappa shape index (κ3) is 2.16. The van der Waals surface area contributed by atoms with Crippen LogP contribution in [0.1, 0.15) is 16.8 Å². The van der Waals surface area contributed by atoms with Gasteiger partial charge in [-0.15, -0.1) is 0 Å². The molecule has 102 valence electrons. The summed E-state index contributed by atoms with van der Waals surface area (Å²) >= 11 is 3.41. The fourth-order valence-electron chi connectivity index (χ4n) is 2.36.